The van der Waals surface area contributed by atoms with Crippen molar-refractivity contribution >= 4 is 117 Å². The molecule has 0 fully saturated rings. The van der Waals surface area contributed by atoms with E-state index in [4.69, 9.17) is 39.6 Å². The smallest absolute Gasteiger partial charge is 0.0134 e. The molecular weight excluding hydrogens is 1320 g/mol. The molecule has 8 nitrogen and oxygen atoms in total. The molecule has 101 heavy (non-hydrogen) atoms. The van der Waals surface area contributed by atoms with Gasteiger partial charge in [0.25, 0.3) is 0 Å². The van der Waals surface area contributed by atoms with Crippen molar-refractivity contribution in [1.29, 1.82) is 0 Å². The fraction of sp³-hybridized carbons (Fsp3) is 0.135. The molecular formula is C89H89O8P4. The average Bonchev–Trinajstić information content (AvgIpc) is 0.699. The van der Waals surface area contributed by atoms with Crippen LogP contribution in [-0.4, -0.2) is 57.7 Å². The largest absolute Gasteiger partial charge is 0.0622 e. The van der Waals surface area contributed by atoms with Gasteiger partial charge in [-0.3, -0.25) is 0 Å². The van der Waals surface area contributed by atoms with Gasteiger partial charge in [-0.15, -0.1) is 0 Å². The summed E-state index contributed by atoms with van der Waals surface area (Å²) in [7, 11) is -2.70. The number of aliphatic carboxylic acids is 4. The number of benzene rings is 12. The van der Waals surface area contributed by atoms with Crippen LogP contribution in [0.4, 0.5) is 0 Å². The molecule has 0 heterocycles. The first-order valence-corrected chi connectivity index (χ1v) is 41.5. The first-order valence-electron chi connectivity index (χ1n) is 34.3. The second-order valence-electron chi connectivity index (χ2n) is 24.1. The van der Waals surface area contributed by atoms with Gasteiger partial charge >= 0.3 is 329 Å². The van der Waals surface area contributed by atoms with Gasteiger partial charge in [0.1, 0.15) is 0 Å². The molecule has 513 valence electrons. The van der Waals surface area contributed by atoms with E-state index in [-0.39, 0.29) is 0 Å². The molecule has 0 saturated heterocycles. The van der Waals surface area contributed by atoms with Crippen LogP contribution in [0.2, 0.25) is 0 Å². The Morgan fingerprint density at radius 3 is 0.693 bits per heavy atom. The Bertz CT molecular complexity index is 3760. The van der Waals surface area contributed by atoms with Crippen molar-refractivity contribution < 1.29 is 39.6 Å². The molecule has 12 aromatic carbocycles. The Balaban J connectivity index is 0.000000208. The Labute approximate surface area is 600 Å². The molecule has 12 aromatic rings. The van der Waals surface area contributed by atoms with Crippen LogP contribution < -0.4 is 68.8 Å². The van der Waals surface area contributed by atoms with Crippen LogP contribution in [0.25, 0.3) is 0 Å². The zero-order chi connectivity index (χ0) is 71.3. The predicted octanol–water partition coefficient (Wildman–Crippen LogP) is 14.7. The third-order valence-electron chi connectivity index (χ3n) is 17.7. The molecule has 0 aromatic heterocycles. The molecule has 12 heteroatoms. The topological polar surface area (TPSA) is 152 Å². The van der Waals surface area contributed by atoms with E-state index >= 15 is 0 Å². The van der Waals surface area contributed by atoms with Crippen molar-refractivity contribution in [2.24, 2.45) is 0 Å². The van der Waals surface area contributed by atoms with E-state index in [1.165, 1.54) is 118 Å². The molecule has 0 spiro atoms. The third kappa shape index (κ3) is 21.4. The van der Waals surface area contributed by atoms with Crippen LogP contribution in [0.5, 0.6) is 0 Å². The van der Waals surface area contributed by atoms with Crippen LogP contribution in [0.1, 0.15) is 57.8 Å². The van der Waals surface area contributed by atoms with Crippen molar-refractivity contribution in [2.75, 3.05) is 18.5 Å². The standard InChI is InChI=1S/C49H56P2.2C18H15P.2C2H2O4/c1-2-3-4-6-27-42-51(47-35-20-11-21-36-47,48-37-22-12-23-38-48,49-39-24-13-25-40-49)43-28-7-5-26-41-50(44-29-14-8-15-30-44,45-31-16-9-17-32-45)46-33-18-10-19-34-46;2*1-4-10-16(11-5-1)19(17-12-6-2-7-13-17)18-14-8-3-9-15-18;2*3-1(4)2(5)6/h8-25,29-40H,1-7,26-28,41-43H2;2*1-15H;2*(H,3,4)(H,5,6)/q+1;;;;/p-1. The predicted molar refractivity (Wildman–Crippen MR) is 430 cm³/mol. The summed E-state index contributed by atoms with van der Waals surface area (Å²) >= 11 is 0. The van der Waals surface area contributed by atoms with Gasteiger partial charge in [-0.05, 0) is 47.7 Å². The molecule has 0 amide bonds. The molecule has 0 aliphatic heterocycles. The number of carbonyl (C=O) groups is 4. The van der Waals surface area contributed by atoms with Gasteiger partial charge < -0.3 is 25.2 Å². The first-order chi connectivity index (χ1) is 49.4. The van der Waals surface area contributed by atoms with Crippen LogP contribution in [-0.2, 0) is 19.2 Å². The van der Waals surface area contributed by atoms with Gasteiger partial charge in [0.2, 0.25) is 0 Å². The van der Waals surface area contributed by atoms with E-state index in [1.54, 1.807) is 15.9 Å². The van der Waals surface area contributed by atoms with E-state index in [0.29, 0.717) is 0 Å². The molecule has 0 bridgehead atoms. The van der Waals surface area contributed by atoms with Crippen LogP contribution in [0.3, 0.4) is 0 Å². The monoisotopic (exact) mass is 1410 g/mol. The number of carbonyl (C=O) groups excluding carboxylic acids is 1. The zero-order valence-electron chi connectivity index (χ0n) is 57.0. The molecule has 0 aliphatic rings. The summed E-state index contributed by atoms with van der Waals surface area (Å²) in [5, 5.41) is 48.6. The van der Waals surface area contributed by atoms with E-state index in [1.807, 2.05) is 0 Å². The van der Waals surface area contributed by atoms with Gasteiger partial charge in [0.05, 0.1) is 0 Å². The van der Waals surface area contributed by atoms with Gasteiger partial charge in [0.15, 0.2) is 5.97 Å². The summed E-state index contributed by atoms with van der Waals surface area (Å²) in [6, 6.07) is 134. The number of rotatable bonds is 25. The van der Waals surface area contributed by atoms with Gasteiger partial charge in [-0.25, -0.2) is 14.4 Å². The quantitative estimate of drug-likeness (QED) is 0.0291. The summed E-state index contributed by atoms with van der Waals surface area (Å²) < 4.78 is 0. The van der Waals surface area contributed by atoms with Crippen molar-refractivity contribution in [3.8, 4) is 0 Å². The number of carboxylic acid groups (broad SMARTS) is 4. The fourth-order valence-corrected chi connectivity index (χ4v) is 29.3. The first kappa shape index (κ1) is 77.0. The Hall–Kier alpha value is -9.76. The average molecular weight is 1410 g/mol. The maximum atomic E-state index is 9.10. The maximum Gasteiger partial charge on any atom is -0.0134 e. The summed E-state index contributed by atoms with van der Waals surface area (Å²) in [4.78, 5) is 36.2. The van der Waals surface area contributed by atoms with Crippen LogP contribution >= 0.6 is 29.7 Å². The molecule has 12 rings (SSSR count). The summed E-state index contributed by atoms with van der Waals surface area (Å²) in [6.45, 7) is 1.30. The second kappa shape index (κ2) is 41.1. The third-order valence-corrected chi connectivity index (χ3v) is 34.4. The maximum absolute atomic E-state index is 9.10. The van der Waals surface area contributed by atoms with Gasteiger partial charge in [-0.1, -0.05) is 182 Å². The van der Waals surface area contributed by atoms with Crippen molar-refractivity contribution in [3.05, 3.63) is 371 Å². The summed E-state index contributed by atoms with van der Waals surface area (Å²) in [5.74, 6) is -7.66. The van der Waals surface area contributed by atoms with Gasteiger partial charge in [-0.2, -0.15) is 0 Å². The van der Waals surface area contributed by atoms with E-state index in [2.05, 4.69) is 371 Å². The minimum Gasteiger partial charge on any atom is -0.0622 e. The molecule has 3 N–H and O–H groups in total. The minimum atomic E-state index is -2.83. The van der Waals surface area contributed by atoms with Crippen molar-refractivity contribution in [2.45, 2.75) is 57.8 Å². The normalized spacial score (nSPS) is 11.2. The van der Waals surface area contributed by atoms with E-state index in [0.717, 1.165) is 6.42 Å². The van der Waals surface area contributed by atoms with Crippen molar-refractivity contribution in [3.63, 3.8) is 0 Å². The van der Waals surface area contributed by atoms with Crippen molar-refractivity contribution in [1.82, 2.24) is 0 Å². The molecule has 0 saturated carbocycles. The summed E-state index contributed by atoms with van der Waals surface area (Å²) in [5.41, 5.74) is 0. The van der Waals surface area contributed by atoms with Gasteiger partial charge in [0, 0.05) is 0 Å². The number of hydrogen-bond acceptors (Lipinski definition) is 5. The van der Waals surface area contributed by atoms with E-state index in [9.17, 15) is 0 Å². The zero-order valence-corrected chi connectivity index (χ0v) is 60.6. The molecule has 0 aliphatic carbocycles. The number of carboxylic acids is 4. The minimum absolute atomic E-state index is 0.446. The second-order valence-corrected chi connectivity index (χ2v) is 37.6. The SMILES string of the molecule is O=C(O)C(=O)O.O=C([O-])C(=O)O.[CH2]CCCCCCP(CCCCCC[P+](c1ccccc1)(c1ccccc1)c1ccccc1)(c1ccccc1)(c1ccccc1)c1ccccc1.c1ccc(P(c2ccccc2)c2ccccc2)cc1.c1ccc(P(c2ccccc2)c2ccccc2)cc1. The van der Waals surface area contributed by atoms with Crippen LogP contribution in [0.15, 0.2) is 364 Å². The van der Waals surface area contributed by atoms with E-state index < -0.39 is 53.6 Å². The van der Waals surface area contributed by atoms with Crippen LogP contribution in [0, 0.1) is 6.92 Å². The summed E-state index contributed by atoms with van der Waals surface area (Å²) in [6.07, 6.45) is 14.6. The molecule has 1 radical (unpaired) electrons. The Morgan fingerprint density at radius 2 is 0.485 bits per heavy atom. The Kier molecular flexibility index (Phi) is 31.3. The number of unbranched alkanes of at least 4 members (excludes halogenated alkanes) is 7. The molecule has 0 atom stereocenters. The molecule has 0 unspecified atom stereocenters. The fourth-order valence-electron chi connectivity index (χ4n) is 13.1. The Morgan fingerprint density at radius 1 is 0.287 bits per heavy atom. The number of hydrogen-bond donors (Lipinski definition) is 3.